The topological polar surface area (TPSA) is 69.0 Å². The number of halogens is 1. The van der Waals surface area contributed by atoms with E-state index in [2.05, 4.69) is 27.6 Å². The van der Waals surface area contributed by atoms with Gasteiger partial charge < -0.3 is 10.1 Å². The molecule has 0 bridgehead atoms. The Morgan fingerprint density at radius 1 is 1.00 bits per heavy atom. The van der Waals surface area contributed by atoms with Crippen LogP contribution in [0, 0.1) is 0 Å². The Morgan fingerprint density at radius 3 is 2.50 bits per heavy atom. The molecule has 6 nitrogen and oxygen atoms in total. The summed E-state index contributed by atoms with van der Waals surface area (Å²) in [5.41, 5.74) is 2.93. The van der Waals surface area contributed by atoms with Crippen LogP contribution in [0.2, 0.25) is 5.02 Å². The molecule has 1 heterocycles. The number of benzene rings is 3. The average molecular weight is 493 g/mol. The molecule has 0 saturated carbocycles. The number of carbonyl (C=O) groups is 1. The van der Waals surface area contributed by atoms with Gasteiger partial charge in [-0.05, 0) is 54.8 Å². The van der Waals surface area contributed by atoms with E-state index in [0.29, 0.717) is 28.3 Å². The lowest BCUT2D eigenvalue weighted by atomic mass is 10.1. The summed E-state index contributed by atoms with van der Waals surface area (Å²) in [6.45, 7) is 0.630. The lowest BCUT2D eigenvalue weighted by Gasteiger charge is -2.12. The first-order chi connectivity index (χ1) is 16.7. The number of hydrogen-bond donors (Lipinski definition) is 1. The molecule has 1 aromatic heterocycles. The number of nitrogens with one attached hydrogen (secondary N) is 1. The fourth-order valence-corrected chi connectivity index (χ4v) is 4.44. The van der Waals surface area contributed by atoms with Gasteiger partial charge >= 0.3 is 0 Å². The molecule has 0 aliphatic carbocycles. The van der Waals surface area contributed by atoms with Crippen LogP contribution in [0.5, 0.6) is 5.75 Å². The first-order valence-corrected chi connectivity index (χ1v) is 12.3. The fraction of sp³-hybridized carbons (Fsp3) is 0.192. The van der Waals surface area contributed by atoms with E-state index in [1.807, 2.05) is 71.3 Å². The quantitative estimate of drug-likeness (QED) is 0.236. The van der Waals surface area contributed by atoms with Crippen LogP contribution in [-0.2, 0) is 11.2 Å². The Hall–Kier alpha value is -3.29. The third-order valence-corrected chi connectivity index (χ3v) is 6.39. The number of aromatic nitrogens is 3. The molecule has 0 spiro atoms. The number of para-hydroxylation sites is 1. The minimum atomic E-state index is -0.0393. The monoisotopic (exact) mass is 492 g/mol. The Balaban J connectivity index is 1.46. The second kappa shape index (κ2) is 11.7. The van der Waals surface area contributed by atoms with Gasteiger partial charge in [0.05, 0.1) is 18.4 Å². The van der Waals surface area contributed by atoms with Gasteiger partial charge in [-0.1, -0.05) is 65.8 Å². The van der Waals surface area contributed by atoms with E-state index in [4.69, 9.17) is 16.3 Å². The minimum absolute atomic E-state index is 0.0393. The van der Waals surface area contributed by atoms with Crippen molar-refractivity contribution in [2.45, 2.75) is 18.0 Å². The first kappa shape index (κ1) is 23.9. The number of aryl methyl sites for hydroxylation is 1. The first-order valence-electron chi connectivity index (χ1n) is 10.9. The van der Waals surface area contributed by atoms with Gasteiger partial charge in [-0.3, -0.25) is 9.36 Å². The van der Waals surface area contributed by atoms with Crippen molar-refractivity contribution in [3.05, 3.63) is 89.4 Å². The van der Waals surface area contributed by atoms with Crippen molar-refractivity contribution in [1.29, 1.82) is 0 Å². The van der Waals surface area contributed by atoms with Crippen LogP contribution in [0.4, 0.5) is 0 Å². The largest absolute Gasteiger partial charge is 0.496 e. The van der Waals surface area contributed by atoms with Gasteiger partial charge in [0.15, 0.2) is 11.0 Å². The maximum absolute atomic E-state index is 12.5. The number of amides is 1. The predicted octanol–water partition coefficient (Wildman–Crippen LogP) is 5.44. The zero-order valence-electron chi connectivity index (χ0n) is 18.8. The third kappa shape index (κ3) is 5.98. The van der Waals surface area contributed by atoms with E-state index >= 15 is 0 Å². The maximum atomic E-state index is 12.5. The lowest BCUT2D eigenvalue weighted by Crippen LogP contribution is -2.26. The summed E-state index contributed by atoms with van der Waals surface area (Å²) in [6, 6.07) is 25.3. The van der Waals surface area contributed by atoms with Gasteiger partial charge in [0.1, 0.15) is 5.75 Å². The Morgan fingerprint density at radius 2 is 1.74 bits per heavy atom. The molecule has 1 N–H and O–H groups in total. The molecule has 4 aromatic rings. The van der Waals surface area contributed by atoms with E-state index in [-0.39, 0.29) is 11.7 Å². The zero-order chi connectivity index (χ0) is 23.8. The maximum Gasteiger partial charge on any atom is 0.230 e. The van der Waals surface area contributed by atoms with Crippen molar-refractivity contribution in [3.63, 3.8) is 0 Å². The molecule has 1 amide bonds. The summed E-state index contributed by atoms with van der Waals surface area (Å²) < 4.78 is 7.45. The number of hydrogen-bond acceptors (Lipinski definition) is 5. The number of ether oxygens (including phenoxy) is 1. The second-order valence-corrected chi connectivity index (χ2v) is 8.93. The van der Waals surface area contributed by atoms with E-state index in [0.717, 1.165) is 24.1 Å². The van der Waals surface area contributed by atoms with Crippen LogP contribution in [0.3, 0.4) is 0 Å². The molecule has 0 unspecified atom stereocenters. The van der Waals surface area contributed by atoms with E-state index in [1.165, 1.54) is 17.3 Å². The van der Waals surface area contributed by atoms with Gasteiger partial charge in [0.25, 0.3) is 0 Å². The lowest BCUT2D eigenvalue weighted by molar-refractivity contribution is -0.118. The van der Waals surface area contributed by atoms with Crippen LogP contribution in [0.15, 0.2) is 84.0 Å². The SMILES string of the molecule is COc1ccccc1-c1nnc(SCC(=O)NCCCc2ccccc2)n1-c1ccc(Cl)cc1. The van der Waals surface area contributed by atoms with Crippen molar-refractivity contribution in [1.82, 2.24) is 20.1 Å². The number of nitrogens with zero attached hydrogens (tertiary/aromatic N) is 3. The summed E-state index contributed by atoms with van der Waals surface area (Å²) in [5, 5.41) is 13.1. The Kier molecular flexibility index (Phi) is 8.22. The van der Waals surface area contributed by atoms with Crippen LogP contribution in [0.25, 0.3) is 17.1 Å². The molecule has 8 heteroatoms. The van der Waals surface area contributed by atoms with Gasteiger partial charge in [-0.25, -0.2) is 0 Å². The highest BCUT2D eigenvalue weighted by atomic mass is 35.5. The molecule has 0 aliphatic rings. The molecule has 174 valence electrons. The zero-order valence-corrected chi connectivity index (χ0v) is 20.4. The molecule has 0 aliphatic heterocycles. The Labute approximate surface area is 208 Å². The molecule has 0 radical (unpaired) electrons. The van der Waals surface area contributed by atoms with Crippen LogP contribution >= 0.6 is 23.4 Å². The molecule has 0 fully saturated rings. The predicted molar refractivity (Wildman–Crippen MR) is 137 cm³/mol. The summed E-state index contributed by atoms with van der Waals surface area (Å²) in [7, 11) is 1.62. The number of carbonyl (C=O) groups excluding carboxylic acids is 1. The number of thioether (sulfide) groups is 1. The van der Waals surface area contributed by atoms with Crippen molar-refractivity contribution in [3.8, 4) is 22.8 Å². The third-order valence-electron chi connectivity index (χ3n) is 5.21. The van der Waals surface area contributed by atoms with Gasteiger partial charge in [0, 0.05) is 17.3 Å². The van der Waals surface area contributed by atoms with E-state index < -0.39 is 0 Å². The summed E-state index contributed by atoms with van der Waals surface area (Å²) >= 11 is 7.44. The molecular weight excluding hydrogens is 468 g/mol. The summed E-state index contributed by atoms with van der Waals surface area (Å²) in [5.74, 6) is 1.52. The summed E-state index contributed by atoms with van der Waals surface area (Å²) in [4.78, 5) is 12.5. The van der Waals surface area contributed by atoms with Crippen LogP contribution in [-0.4, -0.2) is 40.1 Å². The highest BCUT2D eigenvalue weighted by Gasteiger charge is 2.19. The fourth-order valence-electron chi connectivity index (χ4n) is 3.54. The molecule has 0 saturated heterocycles. The molecule has 3 aromatic carbocycles. The normalized spacial score (nSPS) is 10.8. The van der Waals surface area contributed by atoms with E-state index in [1.54, 1.807) is 7.11 Å². The van der Waals surface area contributed by atoms with Gasteiger partial charge in [-0.2, -0.15) is 0 Å². The molecule has 4 rings (SSSR count). The van der Waals surface area contributed by atoms with Crippen molar-refractivity contribution in [2.75, 3.05) is 19.4 Å². The van der Waals surface area contributed by atoms with Crippen molar-refractivity contribution >= 4 is 29.3 Å². The summed E-state index contributed by atoms with van der Waals surface area (Å²) in [6.07, 6.45) is 1.82. The highest BCUT2D eigenvalue weighted by molar-refractivity contribution is 7.99. The molecule has 34 heavy (non-hydrogen) atoms. The highest BCUT2D eigenvalue weighted by Crippen LogP contribution is 2.33. The Bertz CT molecular complexity index is 1230. The van der Waals surface area contributed by atoms with Gasteiger partial charge in [-0.15, -0.1) is 10.2 Å². The number of methoxy groups -OCH3 is 1. The smallest absolute Gasteiger partial charge is 0.230 e. The van der Waals surface area contributed by atoms with Crippen molar-refractivity contribution in [2.24, 2.45) is 0 Å². The molecular formula is C26H25ClN4O2S. The number of rotatable bonds is 10. The molecule has 0 atom stereocenters. The standard InChI is InChI=1S/C26H25ClN4O2S/c1-33-23-12-6-5-11-22(23)25-29-30-26(31(25)21-15-13-20(27)14-16-21)34-18-24(32)28-17-7-10-19-8-3-2-4-9-19/h2-6,8-9,11-16H,7,10,17-18H2,1H3,(H,28,32). The minimum Gasteiger partial charge on any atom is -0.496 e. The van der Waals surface area contributed by atoms with E-state index in [9.17, 15) is 4.79 Å². The van der Waals surface area contributed by atoms with Crippen LogP contribution in [0.1, 0.15) is 12.0 Å². The van der Waals surface area contributed by atoms with Crippen molar-refractivity contribution < 1.29 is 9.53 Å². The van der Waals surface area contributed by atoms with Gasteiger partial charge in [0.2, 0.25) is 5.91 Å². The van der Waals surface area contributed by atoms with Crippen LogP contribution < -0.4 is 10.1 Å². The second-order valence-electron chi connectivity index (χ2n) is 7.55. The average Bonchev–Trinajstić information content (AvgIpc) is 3.30.